The largest absolute Gasteiger partial charge is 0.465 e. The zero-order valence-corrected chi connectivity index (χ0v) is 16.6. The van der Waals surface area contributed by atoms with E-state index in [4.69, 9.17) is 11.6 Å². The summed E-state index contributed by atoms with van der Waals surface area (Å²) >= 11 is 5.87. The molecule has 0 bridgehead atoms. The Balaban J connectivity index is 1.95. The molecule has 2 N–H and O–H groups in total. The van der Waals surface area contributed by atoms with Crippen LogP contribution in [0.1, 0.15) is 38.0 Å². The number of esters is 1. The first kappa shape index (κ1) is 23.4. The summed E-state index contributed by atoms with van der Waals surface area (Å²) in [5.74, 6) is -2.09. The smallest absolute Gasteiger partial charge is 0.416 e. The number of hydrogen-bond donors (Lipinski definition) is 2. The molecule has 2 heterocycles. The van der Waals surface area contributed by atoms with Crippen LogP contribution in [0.15, 0.2) is 36.4 Å². The van der Waals surface area contributed by atoms with E-state index in [1.54, 1.807) is 5.32 Å². The van der Waals surface area contributed by atoms with Gasteiger partial charge in [-0.3, -0.25) is 4.79 Å². The highest BCUT2D eigenvalue weighted by molar-refractivity contribution is 6.32. The fraction of sp³-hybridized carbons (Fsp3) is 0.211. The van der Waals surface area contributed by atoms with Crippen LogP contribution in [0, 0.1) is 0 Å². The highest BCUT2D eigenvalue weighted by Crippen LogP contribution is 2.36. The molecule has 0 aliphatic carbocycles. The number of amides is 1. The summed E-state index contributed by atoms with van der Waals surface area (Å²) in [5.41, 5.74) is -2.61. The number of H-pyrrole nitrogens is 1. The Labute approximate surface area is 180 Å². The monoisotopic (exact) mass is 479 g/mol. The fourth-order valence-corrected chi connectivity index (χ4v) is 3.08. The molecule has 0 saturated heterocycles. The molecule has 0 spiro atoms. The molecule has 3 rings (SSSR count). The van der Waals surface area contributed by atoms with Crippen LogP contribution in [-0.2, 0) is 10.9 Å². The second-order valence-electron chi connectivity index (χ2n) is 6.51. The highest BCUT2D eigenvalue weighted by atomic mass is 35.5. The van der Waals surface area contributed by atoms with Crippen molar-refractivity contribution in [1.29, 1.82) is 0 Å². The number of carbonyl (C=O) groups excluding carboxylic acids is 2. The first-order valence-corrected chi connectivity index (χ1v) is 9.01. The van der Waals surface area contributed by atoms with Crippen molar-refractivity contribution in [2.45, 2.75) is 18.4 Å². The lowest BCUT2D eigenvalue weighted by atomic mass is 10.0. The Hall–Kier alpha value is -3.28. The number of aromatic nitrogens is 2. The standard InChI is InChI=1S/C19H12ClF6N3O3/c1-32-17(31)11-6-9-7-12(27-15(9)29-14(11)20)16(30)28-13(19(24,25)26)8-3-2-4-10(5-8)18(21,22)23/h2-7,13H,1H3,(H,27,29)(H,28,30). The van der Waals surface area contributed by atoms with Crippen molar-refractivity contribution in [3.05, 3.63) is 63.9 Å². The van der Waals surface area contributed by atoms with Gasteiger partial charge in [-0.2, -0.15) is 26.3 Å². The van der Waals surface area contributed by atoms with Gasteiger partial charge in [0.1, 0.15) is 16.5 Å². The van der Waals surface area contributed by atoms with E-state index in [-0.39, 0.29) is 27.4 Å². The van der Waals surface area contributed by atoms with Gasteiger partial charge in [0, 0.05) is 5.39 Å². The third-order valence-corrected chi connectivity index (χ3v) is 4.65. The highest BCUT2D eigenvalue weighted by Gasteiger charge is 2.43. The molecule has 170 valence electrons. The summed E-state index contributed by atoms with van der Waals surface area (Å²) in [6, 6.07) is 2.18. The van der Waals surface area contributed by atoms with E-state index in [9.17, 15) is 35.9 Å². The number of ether oxygens (including phenoxy) is 1. The molecule has 1 atom stereocenters. The van der Waals surface area contributed by atoms with E-state index < -0.39 is 41.4 Å². The fourth-order valence-electron chi connectivity index (χ4n) is 2.87. The molecule has 0 aliphatic rings. The van der Waals surface area contributed by atoms with Gasteiger partial charge >= 0.3 is 18.3 Å². The van der Waals surface area contributed by atoms with Crippen molar-refractivity contribution in [3.8, 4) is 0 Å². The summed E-state index contributed by atoms with van der Waals surface area (Å²) in [6.45, 7) is 0. The SMILES string of the molecule is COC(=O)c1cc2cc(C(=O)NC(c3cccc(C(F)(F)F)c3)C(F)(F)F)[nH]c2nc1Cl. The van der Waals surface area contributed by atoms with Crippen LogP contribution in [0.4, 0.5) is 26.3 Å². The van der Waals surface area contributed by atoms with Crippen LogP contribution in [0.25, 0.3) is 11.0 Å². The van der Waals surface area contributed by atoms with Crippen LogP contribution < -0.4 is 5.32 Å². The van der Waals surface area contributed by atoms with E-state index >= 15 is 0 Å². The first-order chi connectivity index (χ1) is 14.8. The van der Waals surface area contributed by atoms with Crippen LogP contribution in [-0.4, -0.2) is 35.1 Å². The van der Waals surface area contributed by atoms with Gasteiger partial charge in [0.05, 0.1) is 18.2 Å². The molecule has 3 aromatic rings. The minimum atomic E-state index is -5.09. The molecule has 0 radical (unpaired) electrons. The predicted molar refractivity (Wildman–Crippen MR) is 100 cm³/mol. The van der Waals surface area contributed by atoms with Crippen molar-refractivity contribution in [2.24, 2.45) is 0 Å². The molecular weight excluding hydrogens is 468 g/mol. The summed E-state index contributed by atoms with van der Waals surface area (Å²) < 4.78 is 83.9. The molecule has 6 nitrogen and oxygen atoms in total. The zero-order valence-electron chi connectivity index (χ0n) is 15.9. The summed E-state index contributed by atoms with van der Waals surface area (Å²) in [6.07, 6.45) is -9.96. The average molecular weight is 480 g/mol. The summed E-state index contributed by atoms with van der Waals surface area (Å²) in [5, 5.41) is 1.58. The van der Waals surface area contributed by atoms with Crippen molar-refractivity contribution >= 4 is 34.5 Å². The number of nitrogens with zero attached hydrogens (tertiary/aromatic N) is 1. The number of methoxy groups -OCH3 is 1. The average Bonchev–Trinajstić information content (AvgIpc) is 3.12. The molecule has 1 amide bonds. The zero-order chi connectivity index (χ0) is 23.8. The molecule has 32 heavy (non-hydrogen) atoms. The quantitative estimate of drug-likeness (QED) is 0.311. The number of rotatable bonds is 4. The lowest BCUT2D eigenvalue weighted by molar-refractivity contribution is -0.156. The summed E-state index contributed by atoms with van der Waals surface area (Å²) in [7, 11) is 1.10. The summed E-state index contributed by atoms with van der Waals surface area (Å²) in [4.78, 5) is 30.5. The predicted octanol–water partition coefficient (Wildman–Crippen LogP) is 5.06. The first-order valence-electron chi connectivity index (χ1n) is 8.63. The number of alkyl halides is 6. The Morgan fingerprint density at radius 1 is 1.12 bits per heavy atom. The molecule has 0 aliphatic heterocycles. The number of nitrogens with one attached hydrogen (secondary N) is 2. The number of hydrogen-bond acceptors (Lipinski definition) is 4. The number of benzene rings is 1. The van der Waals surface area contributed by atoms with Crippen LogP contribution >= 0.6 is 11.6 Å². The van der Waals surface area contributed by atoms with Crippen molar-refractivity contribution in [1.82, 2.24) is 15.3 Å². The molecular formula is C19H12ClF6N3O3. The van der Waals surface area contributed by atoms with Gasteiger partial charge in [0.2, 0.25) is 0 Å². The van der Waals surface area contributed by atoms with E-state index in [0.29, 0.717) is 12.1 Å². The maximum Gasteiger partial charge on any atom is 0.416 e. The van der Waals surface area contributed by atoms with Crippen LogP contribution in [0.3, 0.4) is 0 Å². The molecule has 13 heteroatoms. The van der Waals surface area contributed by atoms with Gasteiger partial charge < -0.3 is 15.0 Å². The van der Waals surface area contributed by atoms with Gasteiger partial charge in [-0.25, -0.2) is 9.78 Å². The van der Waals surface area contributed by atoms with Gasteiger partial charge in [-0.15, -0.1) is 0 Å². The van der Waals surface area contributed by atoms with E-state index in [1.165, 1.54) is 6.07 Å². The molecule has 1 aromatic carbocycles. The number of halogens is 7. The molecule has 2 aromatic heterocycles. The third-order valence-electron chi connectivity index (χ3n) is 4.36. The normalized spacial score (nSPS) is 13.1. The Morgan fingerprint density at radius 2 is 1.81 bits per heavy atom. The van der Waals surface area contributed by atoms with Crippen LogP contribution in [0.5, 0.6) is 0 Å². The number of aromatic amines is 1. The van der Waals surface area contributed by atoms with E-state index in [1.807, 2.05) is 0 Å². The Morgan fingerprint density at radius 3 is 2.41 bits per heavy atom. The van der Waals surface area contributed by atoms with Crippen LogP contribution in [0.2, 0.25) is 5.15 Å². The molecule has 0 fully saturated rings. The molecule has 0 saturated carbocycles. The minimum absolute atomic E-state index is 0.00423. The molecule has 1 unspecified atom stereocenters. The lowest BCUT2D eigenvalue weighted by Crippen LogP contribution is -2.38. The Bertz CT molecular complexity index is 1190. The van der Waals surface area contributed by atoms with Gasteiger partial charge in [-0.1, -0.05) is 23.7 Å². The van der Waals surface area contributed by atoms with Gasteiger partial charge in [-0.05, 0) is 29.8 Å². The number of pyridine rings is 1. The van der Waals surface area contributed by atoms with Gasteiger partial charge in [0.15, 0.2) is 6.04 Å². The number of carbonyl (C=O) groups is 2. The second-order valence-corrected chi connectivity index (χ2v) is 6.87. The van der Waals surface area contributed by atoms with Crippen molar-refractivity contribution in [2.75, 3.05) is 7.11 Å². The van der Waals surface area contributed by atoms with Gasteiger partial charge in [0.25, 0.3) is 5.91 Å². The second kappa shape index (κ2) is 8.34. The maximum atomic E-state index is 13.6. The minimum Gasteiger partial charge on any atom is -0.465 e. The van der Waals surface area contributed by atoms with Crippen molar-refractivity contribution < 1.29 is 40.7 Å². The lowest BCUT2D eigenvalue weighted by Gasteiger charge is -2.22. The topological polar surface area (TPSA) is 84.1 Å². The van der Waals surface area contributed by atoms with E-state index in [2.05, 4.69) is 14.7 Å². The maximum absolute atomic E-state index is 13.6. The third kappa shape index (κ3) is 4.79. The number of fused-ring (bicyclic) bond motifs is 1. The Kier molecular flexibility index (Phi) is 6.09. The van der Waals surface area contributed by atoms with Crippen molar-refractivity contribution in [3.63, 3.8) is 0 Å². The van der Waals surface area contributed by atoms with E-state index in [0.717, 1.165) is 25.3 Å².